The van der Waals surface area contributed by atoms with Crippen molar-refractivity contribution in [1.29, 1.82) is 0 Å². The predicted molar refractivity (Wildman–Crippen MR) is 90.3 cm³/mol. The van der Waals surface area contributed by atoms with E-state index >= 15 is 0 Å². The van der Waals surface area contributed by atoms with Crippen LogP contribution in [0.25, 0.3) is 0 Å². The standard InChI is InChI=1S/C18H25N3O2/c1-14(15-7-5-8-17(10-15)23-3)6-4-9-18(22)21(2)12-16-11-19-13-20-16/h5,7-8,10-11,13-14H,4,6,9,12H2,1-3H3,(H,19,20)/t14-/m0/s1. The van der Waals surface area contributed by atoms with Crippen LogP contribution in [0, 0.1) is 0 Å². The van der Waals surface area contributed by atoms with Gasteiger partial charge in [0.25, 0.3) is 0 Å². The molecule has 0 bridgehead atoms. The molecule has 1 aromatic carbocycles. The molecule has 0 spiro atoms. The first-order valence-corrected chi connectivity index (χ1v) is 7.95. The number of hydrogen-bond acceptors (Lipinski definition) is 3. The van der Waals surface area contributed by atoms with Gasteiger partial charge < -0.3 is 14.6 Å². The summed E-state index contributed by atoms with van der Waals surface area (Å²) in [6, 6.07) is 8.13. The van der Waals surface area contributed by atoms with Crippen LogP contribution in [0.1, 0.15) is 43.4 Å². The third-order valence-corrected chi connectivity index (χ3v) is 4.08. The molecule has 5 heteroatoms. The average molecular weight is 315 g/mol. The van der Waals surface area contributed by atoms with Crippen molar-refractivity contribution in [2.75, 3.05) is 14.2 Å². The van der Waals surface area contributed by atoms with E-state index in [2.05, 4.69) is 29.0 Å². The first-order chi connectivity index (χ1) is 11.1. The summed E-state index contributed by atoms with van der Waals surface area (Å²) in [4.78, 5) is 20.9. The number of nitrogens with zero attached hydrogens (tertiary/aromatic N) is 2. The zero-order chi connectivity index (χ0) is 16.7. The average Bonchev–Trinajstić information content (AvgIpc) is 3.07. The lowest BCUT2D eigenvalue weighted by Crippen LogP contribution is -2.26. The Bertz CT molecular complexity index is 610. The van der Waals surface area contributed by atoms with Crippen LogP contribution in [-0.4, -0.2) is 34.9 Å². The quantitative estimate of drug-likeness (QED) is 0.812. The van der Waals surface area contributed by atoms with E-state index in [0.717, 1.165) is 24.3 Å². The largest absolute Gasteiger partial charge is 0.497 e. The van der Waals surface area contributed by atoms with Gasteiger partial charge in [-0.1, -0.05) is 19.1 Å². The van der Waals surface area contributed by atoms with Gasteiger partial charge >= 0.3 is 0 Å². The summed E-state index contributed by atoms with van der Waals surface area (Å²) in [5.41, 5.74) is 2.20. The van der Waals surface area contributed by atoms with Crippen LogP contribution < -0.4 is 4.74 Å². The molecule has 0 aliphatic carbocycles. The van der Waals surface area contributed by atoms with Gasteiger partial charge in [0, 0.05) is 19.7 Å². The van der Waals surface area contributed by atoms with Crippen LogP contribution in [-0.2, 0) is 11.3 Å². The molecule has 0 unspecified atom stereocenters. The Morgan fingerprint density at radius 3 is 2.96 bits per heavy atom. The molecule has 0 radical (unpaired) electrons. The van der Waals surface area contributed by atoms with Crippen molar-refractivity contribution in [3.8, 4) is 5.75 Å². The maximum absolute atomic E-state index is 12.2. The first-order valence-electron chi connectivity index (χ1n) is 7.95. The second-order valence-electron chi connectivity index (χ2n) is 5.90. The number of ether oxygens (including phenoxy) is 1. The van der Waals surface area contributed by atoms with Gasteiger partial charge in [0.1, 0.15) is 5.75 Å². The molecule has 1 aromatic heterocycles. The maximum Gasteiger partial charge on any atom is 0.222 e. The van der Waals surface area contributed by atoms with E-state index in [-0.39, 0.29) is 5.91 Å². The number of benzene rings is 1. The molecule has 5 nitrogen and oxygen atoms in total. The highest BCUT2D eigenvalue weighted by Crippen LogP contribution is 2.24. The SMILES string of the molecule is COc1cccc([C@@H](C)CCCC(=O)N(C)Cc2cnc[nH]2)c1. The molecule has 1 N–H and O–H groups in total. The van der Waals surface area contributed by atoms with Crippen molar-refractivity contribution in [3.05, 3.63) is 48.0 Å². The van der Waals surface area contributed by atoms with Gasteiger partial charge in [-0.15, -0.1) is 0 Å². The van der Waals surface area contributed by atoms with Crippen LogP contribution >= 0.6 is 0 Å². The van der Waals surface area contributed by atoms with Gasteiger partial charge in [-0.25, -0.2) is 4.98 Å². The molecular formula is C18H25N3O2. The molecule has 124 valence electrons. The monoisotopic (exact) mass is 315 g/mol. The number of methoxy groups -OCH3 is 1. The van der Waals surface area contributed by atoms with E-state index in [1.54, 1.807) is 24.5 Å². The van der Waals surface area contributed by atoms with Crippen molar-refractivity contribution in [2.24, 2.45) is 0 Å². The Balaban J connectivity index is 1.76. The molecule has 1 amide bonds. The summed E-state index contributed by atoms with van der Waals surface area (Å²) >= 11 is 0. The topological polar surface area (TPSA) is 58.2 Å². The number of rotatable bonds is 8. The van der Waals surface area contributed by atoms with Crippen LogP contribution in [0.15, 0.2) is 36.8 Å². The fourth-order valence-corrected chi connectivity index (χ4v) is 2.58. The normalized spacial score (nSPS) is 12.0. The van der Waals surface area contributed by atoms with Crippen LogP contribution in [0.4, 0.5) is 0 Å². The summed E-state index contributed by atoms with van der Waals surface area (Å²) in [5, 5.41) is 0. The summed E-state index contributed by atoms with van der Waals surface area (Å²) in [6.07, 6.45) is 5.80. The number of H-pyrrole nitrogens is 1. The molecule has 1 atom stereocenters. The minimum Gasteiger partial charge on any atom is -0.497 e. The fourth-order valence-electron chi connectivity index (χ4n) is 2.58. The lowest BCUT2D eigenvalue weighted by atomic mass is 9.95. The third-order valence-electron chi connectivity index (χ3n) is 4.08. The Morgan fingerprint density at radius 2 is 2.26 bits per heavy atom. The lowest BCUT2D eigenvalue weighted by molar-refractivity contribution is -0.130. The summed E-state index contributed by atoms with van der Waals surface area (Å²) in [6.45, 7) is 2.76. The first kappa shape index (κ1) is 17.1. The van der Waals surface area contributed by atoms with Crippen LogP contribution in [0.3, 0.4) is 0 Å². The number of carbonyl (C=O) groups excluding carboxylic acids is 1. The van der Waals surface area contributed by atoms with Crippen LogP contribution in [0.2, 0.25) is 0 Å². The van der Waals surface area contributed by atoms with Gasteiger partial charge in [-0.05, 0) is 36.5 Å². The molecule has 23 heavy (non-hydrogen) atoms. The highest BCUT2D eigenvalue weighted by atomic mass is 16.5. The number of carbonyl (C=O) groups is 1. The third kappa shape index (κ3) is 5.13. The molecule has 0 saturated heterocycles. The van der Waals surface area contributed by atoms with Gasteiger partial charge in [0.05, 0.1) is 25.7 Å². The van der Waals surface area contributed by atoms with Gasteiger partial charge in [-0.2, -0.15) is 0 Å². The molecular weight excluding hydrogens is 290 g/mol. The summed E-state index contributed by atoms with van der Waals surface area (Å²) in [5.74, 6) is 1.46. The second-order valence-corrected chi connectivity index (χ2v) is 5.90. The van der Waals surface area contributed by atoms with Crippen molar-refractivity contribution >= 4 is 5.91 Å². The Kier molecular flexibility index (Phi) is 6.20. The van der Waals surface area contributed by atoms with Crippen molar-refractivity contribution < 1.29 is 9.53 Å². The predicted octanol–water partition coefficient (Wildman–Crippen LogP) is 3.35. The van der Waals surface area contributed by atoms with Crippen molar-refractivity contribution in [1.82, 2.24) is 14.9 Å². The second kappa shape index (κ2) is 8.36. The zero-order valence-electron chi connectivity index (χ0n) is 14.1. The Labute approximate surface area is 137 Å². The smallest absolute Gasteiger partial charge is 0.222 e. The van der Waals surface area contributed by atoms with Gasteiger partial charge in [0.15, 0.2) is 0 Å². The number of amides is 1. The number of aromatic amines is 1. The molecule has 0 aliphatic heterocycles. The highest BCUT2D eigenvalue weighted by Gasteiger charge is 2.12. The fraction of sp³-hybridized carbons (Fsp3) is 0.444. The minimum absolute atomic E-state index is 0.164. The van der Waals surface area contributed by atoms with E-state index in [1.807, 2.05) is 19.2 Å². The lowest BCUT2D eigenvalue weighted by Gasteiger charge is -2.17. The Morgan fingerprint density at radius 1 is 1.43 bits per heavy atom. The minimum atomic E-state index is 0.164. The molecule has 0 saturated carbocycles. The Hall–Kier alpha value is -2.30. The zero-order valence-corrected chi connectivity index (χ0v) is 14.1. The molecule has 2 rings (SSSR count). The number of imidazole rings is 1. The molecule has 0 aliphatic rings. The molecule has 2 aromatic rings. The number of aromatic nitrogens is 2. The van der Waals surface area contributed by atoms with Crippen molar-refractivity contribution in [2.45, 2.75) is 38.6 Å². The highest BCUT2D eigenvalue weighted by molar-refractivity contribution is 5.75. The van der Waals surface area contributed by atoms with Gasteiger partial charge in [-0.3, -0.25) is 4.79 Å². The van der Waals surface area contributed by atoms with E-state index in [4.69, 9.17) is 4.74 Å². The van der Waals surface area contributed by atoms with Crippen LogP contribution in [0.5, 0.6) is 5.75 Å². The van der Waals surface area contributed by atoms with E-state index in [0.29, 0.717) is 18.9 Å². The van der Waals surface area contributed by atoms with Crippen molar-refractivity contribution in [3.63, 3.8) is 0 Å². The number of nitrogens with one attached hydrogen (secondary N) is 1. The van der Waals surface area contributed by atoms with E-state index in [1.165, 1.54) is 5.56 Å². The van der Waals surface area contributed by atoms with Gasteiger partial charge in [0.2, 0.25) is 5.91 Å². The summed E-state index contributed by atoms with van der Waals surface area (Å²) in [7, 11) is 3.51. The molecule has 1 heterocycles. The molecule has 0 fully saturated rings. The van der Waals surface area contributed by atoms with E-state index in [9.17, 15) is 4.79 Å². The summed E-state index contributed by atoms with van der Waals surface area (Å²) < 4.78 is 5.26. The van der Waals surface area contributed by atoms with E-state index < -0.39 is 0 Å². The maximum atomic E-state index is 12.2. The number of hydrogen-bond donors (Lipinski definition) is 1.